The molecule has 0 aliphatic carbocycles. The zero-order chi connectivity index (χ0) is 45.4. The van der Waals surface area contributed by atoms with Gasteiger partial charge in [0.05, 0.1) is 33.3 Å². The molecule has 0 spiro atoms. The van der Waals surface area contributed by atoms with Crippen LogP contribution in [0.3, 0.4) is 0 Å². The van der Waals surface area contributed by atoms with Gasteiger partial charge in [0.1, 0.15) is 11.6 Å². The first-order valence-corrected chi connectivity index (χ1v) is 22.6. The average molecular weight is 1040 g/mol. The van der Waals surface area contributed by atoms with Crippen LogP contribution in [0.25, 0.3) is 89.1 Å². The van der Waals surface area contributed by atoms with Crippen molar-refractivity contribution in [2.75, 3.05) is 0 Å². The van der Waals surface area contributed by atoms with Gasteiger partial charge in [-0.15, -0.1) is 29.8 Å². The Morgan fingerprint density at radius 3 is 1.85 bits per heavy atom. The maximum absolute atomic E-state index is 12.5. The summed E-state index contributed by atoms with van der Waals surface area (Å²) >= 11 is 0. The smallest absolute Gasteiger partial charge is 0.148 e. The second-order valence-corrected chi connectivity index (χ2v) is 20.5. The van der Waals surface area contributed by atoms with Gasteiger partial charge < -0.3 is 9.67 Å². The van der Waals surface area contributed by atoms with Crippen molar-refractivity contribution in [2.45, 2.75) is 78.6 Å². The Morgan fingerprint density at radius 1 is 0.500 bits per heavy atom. The molecule has 0 aliphatic heterocycles. The summed E-state index contributed by atoms with van der Waals surface area (Å²) in [5, 5.41) is 14.8. The third kappa shape index (κ3) is 7.88. The number of fused-ring (bicyclic) bond motifs is 4. The summed E-state index contributed by atoms with van der Waals surface area (Å²) in [5.74, 6) is 0.931. The molecule has 3 heterocycles. The van der Waals surface area contributed by atoms with Crippen molar-refractivity contribution >= 4 is 32.8 Å². The number of hydrogen-bond donors (Lipinski definition) is 1. The molecule has 7 aromatic carbocycles. The van der Waals surface area contributed by atoms with Gasteiger partial charge in [0, 0.05) is 60.5 Å². The summed E-state index contributed by atoms with van der Waals surface area (Å²) in [6.07, 6.45) is 1.99. The van der Waals surface area contributed by atoms with Crippen molar-refractivity contribution in [1.82, 2.24) is 19.1 Å². The predicted molar refractivity (Wildman–Crippen MR) is 272 cm³/mol. The summed E-state index contributed by atoms with van der Waals surface area (Å²) in [4.78, 5) is 10.7. The second-order valence-electron chi connectivity index (χ2n) is 20.5. The first-order chi connectivity index (χ1) is 31.1. The molecule has 0 amide bonds. The van der Waals surface area contributed by atoms with E-state index in [2.05, 4.69) is 229 Å². The number of benzene rings is 7. The normalized spacial score (nSPS) is 12.3. The van der Waals surface area contributed by atoms with E-state index in [-0.39, 0.29) is 43.1 Å². The number of aromatic hydroxyl groups is 1. The minimum absolute atomic E-state index is 0. The van der Waals surface area contributed by atoms with Crippen molar-refractivity contribution in [3.8, 4) is 62.0 Å². The number of phenols is 1. The van der Waals surface area contributed by atoms with E-state index in [4.69, 9.17) is 9.97 Å². The van der Waals surface area contributed by atoms with E-state index in [1.807, 2.05) is 12.3 Å². The molecule has 0 fully saturated rings. The zero-order valence-corrected chi connectivity index (χ0v) is 41.4. The predicted octanol–water partition coefficient (Wildman–Crippen LogP) is 15.6. The maximum Gasteiger partial charge on any atom is 0.148 e. The van der Waals surface area contributed by atoms with Crippen LogP contribution >= 0.6 is 0 Å². The van der Waals surface area contributed by atoms with E-state index in [0.717, 1.165) is 83.5 Å². The maximum atomic E-state index is 12.5. The van der Waals surface area contributed by atoms with E-state index in [1.54, 1.807) is 0 Å². The van der Waals surface area contributed by atoms with Crippen LogP contribution < -0.4 is 0 Å². The Hall–Kier alpha value is -6.55. The molecule has 0 atom stereocenters. The van der Waals surface area contributed by atoms with Crippen molar-refractivity contribution in [1.29, 1.82) is 0 Å². The van der Waals surface area contributed by atoms with Crippen LogP contribution in [0, 0.1) is 6.07 Å². The molecule has 0 unspecified atom stereocenters. The van der Waals surface area contributed by atoms with Gasteiger partial charge in [-0.3, -0.25) is 9.55 Å². The third-order valence-electron chi connectivity index (χ3n) is 12.8. The van der Waals surface area contributed by atoms with Crippen molar-refractivity contribution in [3.05, 3.63) is 187 Å². The molecular formula is C60H55N4OPt-. The van der Waals surface area contributed by atoms with E-state index < -0.39 is 0 Å². The van der Waals surface area contributed by atoms with Crippen molar-refractivity contribution < 1.29 is 26.2 Å². The van der Waals surface area contributed by atoms with E-state index in [9.17, 15) is 5.11 Å². The van der Waals surface area contributed by atoms with Gasteiger partial charge in [-0.05, 0) is 75.4 Å². The molecule has 0 aliphatic rings. The summed E-state index contributed by atoms with van der Waals surface area (Å²) in [7, 11) is 0. The fraction of sp³-hybridized carbons (Fsp3) is 0.200. The summed E-state index contributed by atoms with van der Waals surface area (Å²) in [6.45, 7) is 19.9. The van der Waals surface area contributed by atoms with Crippen LogP contribution in [0.15, 0.2) is 164 Å². The molecule has 5 nitrogen and oxygen atoms in total. The molecule has 0 bridgehead atoms. The largest absolute Gasteiger partial charge is 0.507 e. The Labute approximate surface area is 403 Å². The van der Waals surface area contributed by atoms with Gasteiger partial charge in [0.2, 0.25) is 0 Å². The van der Waals surface area contributed by atoms with Gasteiger partial charge in [-0.2, -0.15) is 0 Å². The first kappa shape index (κ1) is 44.6. The molecule has 10 rings (SSSR count). The summed E-state index contributed by atoms with van der Waals surface area (Å²) < 4.78 is 4.55. The molecule has 332 valence electrons. The number of aromatic nitrogens is 4. The Morgan fingerprint density at radius 2 is 1.14 bits per heavy atom. The van der Waals surface area contributed by atoms with Gasteiger partial charge in [0.25, 0.3) is 0 Å². The molecule has 1 N–H and O–H groups in total. The molecule has 0 saturated heterocycles. The number of pyridine rings is 1. The van der Waals surface area contributed by atoms with Gasteiger partial charge in [-0.1, -0.05) is 171 Å². The first-order valence-electron chi connectivity index (χ1n) is 22.6. The van der Waals surface area contributed by atoms with Crippen molar-refractivity contribution in [3.63, 3.8) is 0 Å². The standard InChI is InChI=1S/C60H55N4O.Pt/c1-58(2,3)41-30-31-52(46(33-41)38-20-12-10-13-21-38)64-53-29-19-27-44(55(53)62-57(64)48-34-42(59(4,5)6)35-49(56(48)65)60(7,8)9)39-22-18-23-40(32-39)50-36-47-45-26-16-17-28-51(45)63(54(47)37-61-50)43-24-14-11-15-25-43;/h10-31,33-37,65H,1-9H3;/q-1;. The number of phenolic OH excluding ortho intramolecular Hbond substituents is 1. The van der Waals surface area contributed by atoms with Crippen LogP contribution in [0.4, 0.5) is 0 Å². The van der Waals surface area contributed by atoms with E-state index in [1.165, 1.54) is 10.9 Å². The van der Waals surface area contributed by atoms with Crippen LogP contribution in [0.1, 0.15) is 79.0 Å². The Balaban J connectivity index is 0.00000548. The SMILES string of the molecule is CC(C)(C)c1ccc(-n2c(-c3cc(C(C)(C)C)cc(C(C)(C)C)c3O)nc3c(-c4[c-]c(-c5cc6c7ccccc7n(-c7ccccc7)c6cn5)ccc4)cccc32)c(-c2ccccc2)c1.[Pt]. The van der Waals surface area contributed by atoms with E-state index in [0.29, 0.717) is 11.4 Å². The van der Waals surface area contributed by atoms with Crippen LogP contribution in [0.2, 0.25) is 0 Å². The van der Waals surface area contributed by atoms with Gasteiger partial charge in [-0.25, -0.2) is 4.98 Å². The van der Waals surface area contributed by atoms with Crippen LogP contribution in [-0.2, 0) is 37.3 Å². The average Bonchev–Trinajstić information content (AvgIpc) is 3.84. The quantitative estimate of drug-likeness (QED) is 0.169. The fourth-order valence-electron chi connectivity index (χ4n) is 9.24. The Kier molecular flexibility index (Phi) is 11.3. The molecule has 0 saturated carbocycles. The number of hydrogen-bond acceptors (Lipinski definition) is 3. The minimum Gasteiger partial charge on any atom is -0.507 e. The fourth-order valence-corrected chi connectivity index (χ4v) is 9.24. The number of nitrogens with zero attached hydrogens (tertiary/aromatic N) is 4. The zero-order valence-electron chi connectivity index (χ0n) is 39.1. The van der Waals surface area contributed by atoms with Gasteiger partial charge >= 0.3 is 0 Å². The molecule has 0 radical (unpaired) electrons. The molecular weight excluding hydrogens is 988 g/mol. The summed E-state index contributed by atoms with van der Waals surface area (Å²) in [5.41, 5.74) is 15.2. The topological polar surface area (TPSA) is 55.9 Å². The molecule has 3 aromatic heterocycles. The number of rotatable bonds is 6. The second kappa shape index (κ2) is 16.7. The molecule has 10 aromatic rings. The Bertz CT molecular complexity index is 3430. The third-order valence-corrected chi connectivity index (χ3v) is 12.8. The van der Waals surface area contributed by atoms with Crippen LogP contribution in [-0.4, -0.2) is 24.2 Å². The van der Waals surface area contributed by atoms with Gasteiger partial charge in [0.15, 0.2) is 0 Å². The minimum atomic E-state index is -0.325. The monoisotopic (exact) mass is 1040 g/mol. The molecule has 66 heavy (non-hydrogen) atoms. The molecule has 6 heteroatoms. The van der Waals surface area contributed by atoms with Crippen LogP contribution in [0.5, 0.6) is 5.75 Å². The number of imidazole rings is 1. The number of para-hydroxylation sites is 3. The van der Waals surface area contributed by atoms with E-state index >= 15 is 0 Å². The van der Waals surface area contributed by atoms with Crippen molar-refractivity contribution in [2.24, 2.45) is 0 Å². The summed E-state index contributed by atoms with van der Waals surface area (Å²) in [6, 6.07) is 59.4.